The third kappa shape index (κ3) is 13.4. The lowest BCUT2D eigenvalue weighted by Crippen LogP contribution is -2.26. The number of para-hydroxylation sites is 2. The van der Waals surface area contributed by atoms with Gasteiger partial charge >= 0.3 is 0 Å². The standard InChI is InChI=1S/C121H127NO2/c1-14-18-22-26-36-66-120(67-37-27-23-19-15-2)98-43-33-30-40-87(98)90-61-52-82(72-105(90)120)81-51-60-89-88-59-50-80(70-100(88)118(10,11)101(89)71-81)78-46-48-79(49-47-78)95-75-107-111(114-94-42-32-35-45-109(94)124-115(95)114)92-63-58-86(74-106(92)121(107,68-38-28-24-20-16-3)69-39-29-25-21-17-4)122(84-55-53-83(54-56-84)116(5,6)7)85-57-62-91-96-76-104-97(77-103(96)119(12,13)102(91)73-85)112-99(117(104,8)9)64-65-110-113(112)93-41-31-34-44-108(93)123-110/h30-35,40-65,70-77H,14-29,36-39,66-69H2,1-13H3. The van der Waals surface area contributed by atoms with E-state index in [4.69, 9.17) is 8.83 Å². The van der Waals surface area contributed by atoms with Crippen LogP contribution in [0.4, 0.5) is 17.1 Å². The number of hydrogen-bond acceptors (Lipinski definition) is 3. The van der Waals surface area contributed by atoms with Crippen molar-refractivity contribution in [1.82, 2.24) is 0 Å². The summed E-state index contributed by atoms with van der Waals surface area (Å²) in [6.07, 6.45) is 29.9. The molecule has 5 aliphatic carbocycles. The maximum Gasteiger partial charge on any atom is 0.143 e. The average Bonchev–Trinajstić information content (AvgIpc) is 1.53. The first-order valence-corrected chi connectivity index (χ1v) is 48.2. The van der Waals surface area contributed by atoms with Gasteiger partial charge in [-0.15, -0.1) is 0 Å². The predicted molar refractivity (Wildman–Crippen MR) is 529 cm³/mol. The van der Waals surface area contributed by atoms with Crippen molar-refractivity contribution in [2.75, 3.05) is 4.90 Å². The lowest BCUT2D eigenvalue weighted by Gasteiger charge is -2.35. The van der Waals surface area contributed by atoms with E-state index in [9.17, 15) is 0 Å². The second-order valence-electron chi connectivity index (χ2n) is 40.7. The van der Waals surface area contributed by atoms with Gasteiger partial charge in [0.2, 0.25) is 0 Å². The maximum atomic E-state index is 7.40. The van der Waals surface area contributed by atoms with Crippen LogP contribution >= 0.6 is 0 Å². The Balaban J connectivity index is 0.673. The molecular formula is C121H127NO2. The predicted octanol–water partition coefficient (Wildman–Crippen LogP) is 36.1. The minimum absolute atomic E-state index is 0.0105. The number of fused-ring (bicyclic) bond motifs is 23. The summed E-state index contributed by atoms with van der Waals surface area (Å²) < 4.78 is 14.0. The normalized spacial score (nSPS) is 15.3. The highest BCUT2D eigenvalue weighted by Gasteiger charge is 2.48. The molecule has 0 spiro atoms. The van der Waals surface area contributed by atoms with Crippen molar-refractivity contribution in [1.29, 1.82) is 0 Å². The third-order valence-electron chi connectivity index (χ3n) is 31.1. The molecule has 0 radical (unpaired) electrons. The van der Waals surface area contributed by atoms with E-state index in [1.165, 1.54) is 300 Å². The first kappa shape index (κ1) is 81.6. The van der Waals surface area contributed by atoms with Crippen LogP contribution in [0.3, 0.4) is 0 Å². The van der Waals surface area contributed by atoms with Crippen molar-refractivity contribution in [3.63, 3.8) is 0 Å². The number of anilines is 3. The molecule has 0 N–H and O–H groups in total. The zero-order valence-electron chi connectivity index (χ0n) is 76.3. The lowest BCUT2D eigenvalue weighted by atomic mass is 9.70. The summed E-state index contributed by atoms with van der Waals surface area (Å²) >= 11 is 0. The van der Waals surface area contributed by atoms with Gasteiger partial charge in [0, 0.05) is 71.2 Å². The van der Waals surface area contributed by atoms with Crippen molar-refractivity contribution in [3.8, 4) is 89.0 Å². The summed E-state index contributed by atoms with van der Waals surface area (Å²) in [6.45, 7) is 31.1. The van der Waals surface area contributed by atoms with Gasteiger partial charge in [0.05, 0.1) is 0 Å². The second-order valence-corrected chi connectivity index (χ2v) is 40.7. The summed E-state index contributed by atoms with van der Waals surface area (Å²) in [6, 6.07) is 96.0. The Labute approximate surface area is 739 Å². The molecule has 0 bridgehead atoms. The van der Waals surface area contributed by atoms with Crippen LogP contribution in [-0.2, 0) is 32.5 Å². The Kier molecular flexibility index (Phi) is 21.1. The SMILES string of the molecule is CCCCCCCC1(CCCCCCC)c2ccccc2-c2ccc(-c3ccc4c(c3)C(C)(C)c3cc(-c5ccc(-c6cc7c(c8c6oc6ccccc68)-c6ccc(N(c8ccc(C(C)(C)C)cc8)c8ccc9c(c8)C(C)(C)c8cc%10c(cc8-9)C(C)(C)c8ccc9oc%11ccccc%11c9c8-%10)cc6C7(CCCCCCC)CCCCCCC)cc5)ccc3-4)cc21. The number of hydrogen-bond donors (Lipinski definition) is 0. The number of unbranched alkanes of at least 4 members (excludes halogenated alkanes) is 16. The molecule has 0 aliphatic heterocycles. The molecule has 628 valence electrons. The van der Waals surface area contributed by atoms with E-state index in [-0.39, 0.29) is 32.5 Å². The average molecular weight is 1630 g/mol. The van der Waals surface area contributed by atoms with Gasteiger partial charge < -0.3 is 13.7 Å². The first-order valence-electron chi connectivity index (χ1n) is 48.2. The third-order valence-corrected chi connectivity index (χ3v) is 31.1. The lowest BCUT2D eigenvalue weighted by molar-refractivity contribution is 0.399. The van der Waals surface area contributed by atoms with Gasteiger partial charge in [0.15, 0.2) is 0 Å². The smallest absolute Gasteiger partial charge is 0.143 e. The minimum Gasteiger partial charge on any atom is -0.456 e. The molecule has 2 heterocycles. The highest BCUT2D eigenvalue weighted by atomic mass is 16.3. The van der Waals surface area contributed by atoms with E-state index in [1.54, 1.807) is 11.1 Å². The van der Waals surface area contributed by atoms with E-state index in [2.05, 4.69) is 338 Å². The summed E-state index contributed by atoms with van der Waals surface area (Å²) in [5, 5.41) is 4.85. The molecule has 20 rings (SSSR count). The van der Waals surface area contributed by atoms with E-state index in [0.717, 1.165) is 53.7 Å². The van der Waals surface area contributed by atoms with Crippen LogP contribution < -0.4 is 4.90 Å². The van der Waals surface area contributed by atoms with Gasteiger partial charge in [-0.1, -0.05) is 370 Å². The summed E-state index contributed by atoms with van der Waals surface area (Å²) in [5.74, 6) is 0. The van der Waals surface area contributed by atoms with Gasteiger partial charge in [0.25, 0.3) is 0 Å². The van der Waals surface area contributed by atoms with Crippen LogP contribution in [0.1, 0.15) is 305 Å². The maximum absolute atomic E-state index is 7.40. The summed E-state index contributed by atoms with van der Waals surface area (Å²) in [5.41, 5.74) is 43.3. The highest BCUT2D eigenvalue weighted by molar-refractivity contribution is 6.19. The van der Waals surface area contributed by atoms with Crippen LogP contribution in [0.25, 0.3) is 133 Å². The van der Waals surface area contributed by atoms with Crippen LogP contribution in [0, 0.1) is 0 Å². The van der Waals surface area contributed by atoms with Gasteiger partial charge in [0.1, 0.15) is 22.3 Å². The van der Waals surface area contributed by atoms with E-state index in [0.29, 0.717) is 0 Å². The molecule has 124 heavy (non-hydrogen) atoms. The fourth-order valence-corrected chi connectivity index (χ4v) is 24.2. The fraction of sp³-hybridized carbons (Fsp3) is 0.355. The molecule has 15 aromatic rings. The number of furan rings is 2. The fourth-order valence-electron chi connectivity index (χ4n) is 24.2. The molecule has 5 aliphatic rings. The summed E-state index contributed by atoms with van der Waals surface area (Å²) in [7, 11) is 0. The molecule has 13 aromatic carbocycles. The van der Waals surface area contributed by atoms with Crippen molar-refractivity contribution in [2.24, 2.45) is 0 Å². The molecule has 0 saturated carbocycles. The highest BCUT2D eigenvalue weighted by Crippen LogP contribution is 2.64. The Hall–Kier alpha value is -10.7. The minimum atomic E-state index is -0.302. The molecule has 0 fully saturated rings. The summed E-state index contributed by atoms with van der Waals surface area (Å²) in [4.78, 5) is 2.61. The molecule has 2 aromatic heterocycles. The first-order chi connectivity index (χ1) is 60.2. The van der Waals surface area contributed by atoms with Crippen molar-refractivity contribution in [3.05, 3.63) is 304 Å². The Morgan fingerprint density at radius 2 is 0.645 bits per heavy atom. The van der Waals surface area contributed by atoms with Crippen molar-refractivity contribution >= 4 is 60.9 Å². The Bertz CT molecular complexity index is 6600. The quantitative estimate of drug-likeness (QED) is 0.0420. The van der Waals surface area contributed by atoms with Gasteiger partial charge in [-0.2, -0.15) is 0 Å². The second kappa shape index (κ2) is 32.0. The molecule has 0 amide bonds. The van der Waals surface area contributed by atoms with Crippen molar-refractivity contribution < 1.29 is 8.83 Å². The van der Waals surface area contributed by atoms with E-state index < -0.39 is 0 Å². The Morgan fingerprint density at radius 1 is 0.258 bits per heavy atom. The molecular weight excluding hydrogens is 1500 g/mol. The van der Waals surface area contributed by atoms with Crippen LogP contribution in [0.15, 0.2) is 251 Å². The largest absolute Gasteiger partial charge is 0.456 e. The number of benzene rings is 13. The topological polar surface area (TPSA) is 29.5 Å². The molecule has 3 heteroatoms. The van der Waals surface area contributed by atoms with Crippen LogP contribution in [-0.4, -0.2) is 0 Å². The van der Waals surface area contributed by atoms with E-state index >= 15 is 0 Å². The number of nitrogens with zero attached hydrogens (tertiary/aromatic N) is 1. The van der Waals surface area contributed by atoms with Crippen molar-refractivity contribution in [2.45, 2.75) is 277 Å². The molecule has 0 atom stereocenters. The molecule has 0 saturated heterocycles. The zero-order chi connectivity index (χ0) is 85.2. The van der Waals surface area contributed by atoms with Gasteiger partial charge in [-0.05, 0) is 267 Å². The van der Waals surface area contributed by atoms with Gasteiger partial charge in [-0.25, -0.2) is 0 Å². The Morgan fingerprint density at radius 3 is 1.23 bits per heavy atom. The van der Waals surface area contributed by atoms with Gasteiger partial charge in [-0.3, -0.25) is 0 Å². The van der Waals surface area contributed by atoms with E-state index in [1.807, 2.05) is 0 Å². The zero-order valence-corrected chi connectivity index (χ0v) is 76.3. The van der Waals surface area contributed by atoms with Crippen LogP contribution in [0.5, 0.6) is 0 Å². The van der Waals surface area contributed by atoms with Crippen LogP contribution in [0.2, 0.25) is 0 Å². The number of rotatable bonds is 30. The molecule has 3 nitrogen and oxygen atoms in total. The monoisotopic (exact) mass is 1630 g/mol. The molecule has 0 unspecified atom stereocenters.